The van der Waals surface area contributed by atoms with Crippen LogP contribution in [0.5, 0.6) is 0 Å². The van der Waals surface area contributed by atoms with Crippen LogP contribution >= 0.6 is 0 Å². The van der Waals surface area contributed by atoms with Gasteiger partial charge in [0.15, 0.2) is 6.29 Å². The standard InChI is InChI=1S/C12H13NO3/c1-2-4-9(5-3-1)11-13-10(8-16-11)12-14-6-7-15-12/h1-5,10,12H,6-8H2. The van der Waals surface area contributed by atoms with Gasteiger partial charge in [-0.1, -0.05) is 18.2 Å². The van der Waals surface area contributed by atoms with E-state index < -0.39 is 0 Å². The molecule has 1 unspecified atom stereocenters. The van der Waals surface area contributed by atoms with Crippen LogP contribution in [0.1, 0.15) is 5.56 Å². The van der Waals surface area contributed by atoms with Crippen LogP contribution < -0.4 is 0 Å². The lowest BCUT2D eigenvalue weighted by Gasteiger charge is -2.11. The van der Waals surface area contributed by atoms with E-state index in [0.717, 1.165) is 5.56 Å². The highest BCUT2D eigenvalue weighted by Gasteiger charge is 2.32. The smallest absolute Gasteiger partial charge is 0.216 e. The molecule has 1 aromatic rings. The fraction of sp³-hybridized carbons (Fsp3) is 0.417. The lowest BCUT2D eigenvalue weighted by Crippen LogP contribution is -2.26. The number of nitrogens with zero attached hydrogens (tertiary/aromatic N) is 1. The highest BCUT2D eigenvalue weighted by molar-refractivity contribution is 5.95. The normalized spacial score (nSPS) is 25.5. The Labute approximate surface area is 93.8 Å². The number of aliphatic imine (C=N–C) groups is 1. The summed E-state index contributed by atoms with van der Waals surface area (Å²) in [6, 6.07) is 9.85. The summed E-state index contributed by atoms with van der Waals surface area (Å²) in [5.74, 6) is 0.685. The Morgan fingerprint density at radius 2 is 1.81 bits per heavy atom. The first-order valence-corrected chi connectivity index (χ1v) is 5.43. The maximum atomic E-state index is 5.55. The maximum absolute atomic E-state index is 5.55. The van der Waals surface area contributed by atoms with E-state index in [9.17, 15) is 0 Å². The molecule has 4 heteroatoms. The van der Waals surface area contributed by atoms with Crippen molar-refractivity contribution in [3.63, 3.8) is 0 Å². The fourth-order valence-corrected chi connectivity index (χ4v) is 1.87. The summed E-state index contributed by atoms with van der Waals surface area (Å²) in [7, 11) is 0. The van der Waals surface area contributed by atoms with E-state index in [-0.39, 0.29) is 12.3 Å². The molecule has 1 fully saturated rings. The van der Waals surface area contributed by atoms with Crippen molar-refractivity contribution in [2.24, 2.45) is 4.99 Å². The summed E-state index contributed by atoms with van der Waals surface area (Å²) >= 11 is 0. The third-order valence-corrected chi connectivity index (χ3v) is 2.66. The van der Waals surface area contributed by atoms with Crippen molar-refractivity contribution in [3.05, 3.63) is 35.9 Å². The van der Waals surface area contributed by atoms with Crippen LogP contribution in [-0.4, -0.2) is 38.1 Å². The third kappa shape index (κ3) is 1.81. The molecule has 0 aliphatic carbocycles. The topological polar surface area (TPSA) is 40.0 Å². The number of benzene rings is 1. The average molecular weight is 219 g/mol. The average Bonchev–Trinajstić information content (AvgIpc) is 3.01. The summed E-state index contributed by atoms with van der Waals surface area (Å²) in [6.45, 7) is 1.84. The largest absolute Gasteiger partial charge is 0.475 e. The minimum Gasteiger partial charge on any atom is -0.475 e. The SMILES string of the molecule is c1ccc(C2=NC(C3OCCO3)CO2)cc1. The molecule has 2 aliphatic rings. The first-order valence-electron chi connectivity index (χ1n) is 5.43. The molecule has 0 saturated carbocycles. The molecule has 1 aromatic carbocycles. The second kappa shape index (κ2) is 4.23. The highest BCUT2D eigenvalue weighted by Crippen LogP contribution is 2.19. The molecule has 0 amide bonds. The summed E-state index contributed by atoms with van der Waals surface area (Å²) in [4.78, 5) is 4.48. The molecule has 0 bridgehead atoms. The van der Waals surface area contributed by atoms with Crippen LogP contribution in [0.25, 0.3) is 0 Å². The van der Waals surface area contributed by atoms with Crippen LogP contribution in [0.2, 0.25) is 0 Å². The zero-order chi connectivity index (χ0) is 10.8. The monoisotopic (exact) mass is 219 g/mol. The maximum Gasteiger partial charge on any atom is 0.216 e. The Kier molecular flexibility index (Phi) is 2.60. The quantitative estimate of drug-likeness (QED) is 0.750. The Hall–Kier alpha value is -1.39. The van der Waals surface area contributed by atoms with Gasteiger partial charge in [0, 0.05) is 5.56 Å². The molecule has 1 saturated heterocycles. The van der Waals surface area contributed by atoms with E-state index >= 15 is 0 Å². The first kappa shape index (κ1) is 9.81. The molecule has 0 N–H and O–H groups in total. The molecular weight excluding hydrogens is 206 g/mol. The molecule has 84 valence electrons. The lowest BCUT2D eigenvalue weighted by molar-refractivity contribution is -0.0616. The minimum absolute atomic E-state index is 0.0299. The second-order valence-corrected chi connectivity index (χ2v) is 3.79. The third-order valence-electron chi connectivity index (χ3n) is 2.66. The lowest BCUT2D eigenvalue weighted by atomic mass is 10.2. The van der Waals surface area contributed by atoms with Gasteiger partial charge < -0.3 is 14.2 Å². The van der Waals surface area contributed by atoms with Gasteiger partial charge in [0.1, 0.15) is 12.6 Å². The summed E-state index contributed by atoms with van der Waals surface area (Å²) in [5.41, 5.74) is 1.00. The highest BCUT2D eigenvalue weighted by atomic mass is 16.7. The van der Waals surface area contributed by atoms with Crippen LogP contribution in [0.15, 0.2) is 35.3 Å². The van der Waals surface area contributed by atoms with Gasteiger partial charge in [-0.25, -0.2) is 4.99 Å². The fourth-order valence-electron chi connectivity index (χ4n) is 1.87. The molecule has 0 radical (unpaired) electrons. The van der Waals surface area contributed by atoms with Crippen molar-refractivity contribution < 1.29 is 14.2 Å². The van der Waals surface area contributed by atoms with Gasteiger partial charge in [-0.15, -0.1) is 0 Å². The van der Waals surface area contributed by atoms with Crippen LogP contribution in [0.4, 0.5) is 0 Å². The molecule has 2 aliphatic heterocycles. The van der Waals surface area contributed by atoms with Crippen molar-refractivity contribution >= 4 is 5.90 Å². The van der Waals surface area contributed by atoms with Crippen LogP contribution in [-0.2, 0) is 14.2 Å². The van der Waals surface area contributed by atoms with Crippen molar-refractivity contribution in [1.29, 1.82) is 0 Å². The second-order valence-electron chi connectivity index (χ2n) is 3.79. The Bertz CT molecular complexity index is 385. The number of ether oxygens (including phenoxy) is 3. The van der Waals surface area contributed by atoms with Crippen molar-refractivity contribution in [3.8, 4) is 0 Å². The van der Waals surface area contributed by atoms with Gasteiger partial charge in [0.25, 0.3) is 0 Å². The predicted molar refractivity (Wildman–Crippen MR) is 58.4 cm³/mol. The molecule has 16 heavy (non-hydrogen) atoms. The predicted octanol–water partition coefficient (Wildman–Crippen LogP) is 1.20. The van der Waals surface area contributed by atoms with Crippen molar-refractivity contribution in [2.75, 3.05) is 19.8 Å². The van der Waals surface area contributed by atoms with E-state index in [1.807, 2.05) is 30.3 Å². The zero-order valence-electron chi connectivity index (χ0n) is 8.83. The number of hydrogen-bond acceptors (Lipinski definition) is 4. The molecule has 3 rings (SSSR count). The zero-order valence-corrected chi connectivity index (χ0v) is 8.83. The summed E-state index contributed by atoms with van der Waals surface area (Å²) < 4.78 is 16.4. The Balaban J connectivity index is 1.76. The van der Waals surface area contributed by atoms with E-state index in [0.29, 0.717) is 25.7 Å². The summed E-state index contributed by atoms with van der Waals surface area (Å²) in [5, 5.41) is 0. The van der Waals surface area contributed by atoms with Gasteiger partial charge in [-0.2, -0.15) is 0 Å². The first-order chi connectivity index (χ1) is 7.93. The van der Waals surface area contributed by atoms with E-state index in [1.54, 1.807) is 0 Å². The van der Waals surface area contributed by atoms with E-state index in [1.165, 1.54) is 0 Å². The molecule has 0 aromatic heterocycles. The van der Waals surface area contributed by atoms with Crippen molar-refractivity contribution in [1.82, 2.24) is 0 Å². The minimum atomic E-state index is -0.235. The Morgan fingerprint density at radius 3 is 2.56 bits per heavy atom. The molecule has 1 atom stereocenters. The Morgan fingerprint density at radius 1 is 1.06 bits per heavy atom. The van der Waals surface area contributed by atoms with Gasteiger partial charge in [-0.3, -0.25) is 0 Å². The summed E-state index contributed by atoms with van der Waals surface area (Å²) in [6.07, 6.45) is -0.235. The number of rotatable bonds is 2. The van der Waals surface area contributed by atoms with Crippen molar-refractivity contribution in [2.45, 2.75) is 12.3 Å². The molecular formula is C12H13NO3. The molecule has 2 heterocycles. The molecule has 4 nitrogen and oxygen atoms in total. The van der Waals surface area contributed by atoms with Gasteiger partial charge in [0.2, 0.25) is 5.90 Å². The van der Waals surface area contributed by atoms with Crippen LogP contribution in [0.3, 0.4) is 0 Å². The van der Waals surface area contributed by atoms with Gasteiger partial charge in [-0.05, 0) is 12.1 Å². The van der Waals surface area contributed by atoms with Gasteiger partial charge >= 0.3 is 0 Å². The van der Waals surface area contributed by atoms with Crippen LogP contribution in [0, 0.1) is 0 Å². The number of hydrogen-bond donors (Lipinski definition) is 0. The molecule has 0 spiro atoms. The van der Waals surface area contributed by atoms with E-state index in [2.05, 4.69) is 4.99 Å². The van der Waals surface area contributed by atoms with Gasteiger partial charge in [0.05, 0.1) is 13.2 Å². The van der Waals surface area contributed by atoms with E-state index in [4.69, 9.17) is 14.2 Å².